The van der Waals surface area contributed by atoms with Crippen LogP contribution in [-0.2, 0) is 0 Å². The molecule has 0 aliphatic carbocycles. The molecule has 114 valence electrons. The van der Waals surface area contributed by atoms with Gasteiger partial charge in [0.2, 0.25) is 0 Å². The molecule has 0 saturated carbocycles. The molecule has 4 N–H and O–H groups in total. The van der Waals surface area contributed by atoms with Crippen molar-refractivity contribution in [1.29, 1.82) is 0 Å². The second-order valence-corrected chi connectivity index (χ2v) is 4.13. The van der Waals surface area contributed by atoms with Crippen molar-refractivity contribution in [3.05, 3.63) is 65.0 Å². The Kier molecular flexibility index (Phi) is 8.65. The van der Waals surface area contributed by atoms with Crippen LogP contribution in [0, 0.1) is 0 Å². The molecule has 0 aliphatic heterocycles. The lowest BCUT2D eigenvalue weighted by Crippen LogP contribution is -2.24. The maximum atomic E-state index is 12.0. The minimum atomic E-state index is -0.480. The Hall–Kier alpha value is -2.20. The number of amides is 1. The third-order valence-electron chi connectivity index (χ3n) is 2.32. The summed E-state index contributed by atoms with van der Waals surface area (Å²) in [5.74, 6) is -0.672. The van der Waals surface area contributed by atoms with Crippen molar-refractivity contribution in [1.82, 2.24) is 5.32 Å². The number of nitrogens with two attached hydrogens (primary N) is 1. The van der Waals surface area contributed by atoms with Crippen molar-refractivity contribution in [3.63, 3.8) is 0 Å². The summed E-state index contributed by atoms with van der Waals surface area (Å²) in [5.41, 5.74) is 6.56. The first-order valence-corrected chi connectivity index (χ1v) is 6.92. The van der Waals surface area contributed by atoms with E-state index < -0.39 is 5.91 Å². The number of halogens is 1. The van der Waals surface area contributed by atoms with Crippen LogP contribution < -0.4 is 11.1 Å². The van der Waals surface area contributed by atoms with Crippen molar-refractivity contribution < 1.29 is 9.90 Å². The van der Waals surface area contributed by atoms with Crippen LogP contribution in [0.5, 0.6) is 5.75 Å². The van der Waals surface area contributed by atoms with Gasteiger partial charge in [-0.2, -0.15) is 0 Å². The highest BCUT2D eigenvalue weighted by Crippen LogP contribution is 2.22. The molecule has 0 bridgehead atoms. The van der Waals surface area contributed by atoms with Crippen LogP contribution in [0.2, 0.25) is 5.02 Å². The average molecular weight is 309 g/mol. The lowest BCUT2D eigenvalue weighted by molar-refractivity contribution is 0.0964. The molecular formula is C16H21ClN2O2. The van der Waals surface area contributed by atoms with E-state index in [1.807, 2.05) is 13.8 Å². The van der Waals surface area contributed by atoms with Gasteiger partial charge in [-0.05, 0) is 37.3 Å². The molecule has 5 heteroatoms. The van der Waals surface area contributed by atoms with E-state index in [1.165, 1.54) is 24.3 Å². The molecule has 0 atom stereocenters. The second kappa shape index (κ2) is 9.66. The Balaban J connectivity index is 0.00000191. The number of benzene rings is 1. The largest absolute Gasteiger partial charge is 0.507 e. The summed E-state index contributed by atoms with van der Waals surface area (Å²) in [6.07, 6.45) is 4.80. The zero-order chi connectivity index (χ0) is 16.4. The molecule has 0 aliphatic rings. The minimum absolute atomic E-state index is 0.114. The number of carbonyl (C=O) groups is 1. The minimum Gasteiger partial charge on any atom is -0.507 e. The van der Waals surface area contributed by atoms with E-state index in [1.54, 1.807) is 19.1 Å². The molecule has 0 saturated heterocycles. The Labute approximate surface area is 130 Å². The van der Waals surface area contributed by atoms with Crippen LogP contribution >= 0.6 is 11.6 Å². The van der Waals surface area contributed by atoms with Gasteiger partial charge in [0.05, 0.1) is 17.0 Å². The fourth-order valence-corrected chi connectivity index (χ4v) is 1.54. The van der Waals surface area contributed by atoms with Gasteiger partial charge in [0, 0.05) is 5.02 Å². The Morgan fingerprint density at radius 1 is 1.43 bits per heavy atom. The predicted octanol–water partition coefficient (Wildman–Crippen LogP) is 3.73. The third-order valence-corrected chi connectivity index (χ3v) is 2.55. The number of aromatic hydroxyl groups is 1. The molecule has 1 aromatic rings. The number of hydrogen-bond acceptors (Lipinski definition) is 3. The highest BCUT2D eigenvalue weighted by molar-refractivity contribution is 6.30. The Morgan fingerprint density at radius 2 is 2.05 bits per heavy atom. The first-order valence-electron chi connectivity index (χ1n) is 6.54. The summed E-state index contributed by atoms with van der Waals surface area (Å²) in [6.45, 7) is 9.33. The van der Waals surface area contributed by atoms with Crippen LogP contribution in [0.4, 0.5) is 0 Å². The van der Waals surface area contributed by atoms with Crippen molar-refractivity contribution in [2.24, 2.45) is 5.73 Å². The van der Waals surface area contributed by atoms with Gasteiger partial charge in [0.15, 0.2) is 0 Å². The van der Waals surface area contributed by atoms with E-state index in [0.717, 1.165) is 0 Å². The molecule has 4 nitrogen and oxygen atoms in total. The Bertz CT molecular complexity index is 563. The maximum absolute atomic E-state index is 12.0. The van der Waals surface area contributed by atoms with E-state index in [-0.39, 0.29) is 11.3 Å². The summed E-state index contributed by atoms with van der Waals surface area (Å²) in [5, 5.41) is 12.6. The first-order chi connectivity index (χ1) is 9.99. The summed E-state index contributed by atoms with van der Waals surface area (Å²) >= 11 is 5.70. The molecule has 0 radical (unpaired) electrons. The first kappa shape index (κ1) is 18.8. The second-order valence-electron chi connectivity index (χ2n) is 3.69. The van der Waals surface area contributed by atoms with E-state index >= 15 is 0 Å². The number of phenols is 1. The summed E-state index contributed by atoms with van der Waals surface area (Å²) < 4.78 is 0. The van der Waals surface area contributed by atoms with E-state index in [2.05, 4.69) is 11.9 Å². The number of hydrogen-bond donors (Lipinski definition) is 3. The van der Waals surface area contributed by atoms with E-state index in [9.17, 15) is 9.90 Å². The van der Waals surface area contributed by atoms with Gasteiger partial charge in [-0.15, -0.1) is 0 Å². The van der Waals surface area contributed by atoms with Gasteiger partial charge in [0.1, 0.15) is 5.75 Å². The van der Waals surface area contributed by atoms with Gasteiger partial charge in [-0.1, -0.05) is 38.1 Å². The molecule has 21 heavy (non-hydrogen) atoms. The van der Waals surface area contributed by atoms with Gasteiger partial charge in [-0.25, -0.2) is 0 Å². The number of phenolic OH excluding ortho intramolecular Hbond substituents is 1. The highest BCUT2D eigenvalue weighted by atomic mass is 35.5. The van der Waals surface area contributed by atoms with Crippen molar-refractivity contribution in [3.8, 4) is 5.75 Å². The van der Waals surface area contributed by atoms with Crippen LogP contribution in [0.25, 0.3) is 0 Å². The molecular weight excluding hydrogens is 288 g/mol. The summed E-state index contributed by atoms with van der Waals surface area (Å²) in [6, 6.07) is 4.25. The van der Waals surface area contributed by atoms with Crippen LogP contribution in [0.1, 0.15) is 31.1 Å². The molecule has 0 unspecified atom stereocenters. The molecule has 0 fully saturated rings. The van der Waals surface area contributed by atoms with Crippen LogP contribution in [0.3, 0.4) is 0 Å². The van der Waals surface area contributed by atoms with E-state index in [4.69, 9.17) is 17.3 Å². The standard InChI is InChI=1S/C14H15ClN2O2.C2H6/c1-3-5-12(11(16)4-2)17-14(19)10-7-6-9(15)8-13(10)18;1-2/h3-8,18H,2,16H2,1H3,(H,17,19);1-2H3/b5-3-,12-11-;. The fourth-order valence-electron chi connectivity index (χ4n) is 1.37. The summed E-state index contributed by atoms with van der Waals surface area (Å²) in [4.78, 5) is 12.0. The van der Waals surface area contributed by atoms with Gasteiger partial charge in [-0.3, -0.25) is 4.79 Å². The molecule has 1 rings (SSSR count). The van der Waals surface area contributed by atoms with Gasteiger partial charge >= 0.3 is 0 Å². The van der Waals surface area contributed by atoms with Crippen molar-refractivity contribution >= 4 is 17.5 Å². The summed E-state index contributed by atoms with van der Waals surface area (Å²) in [7, 11) is 0. The normalized spacial score (nSPS) is 11.2. The zero-order valence-electron chi connectivity index (χ0n) is 12.5. The zero-order valence-corrected chi connectivity index (χ0v) is 13.2. The lowest BCUT2D eigenvalue weighted by Gasteiger charge is -2.09. The topological polar surface area (TPSA) is 75.3 Å². The van der Waals surface area contributed by atoms with Gasteiger partial charge < -0.3 is 16.2 Å². The number of nitrogens with one attached hydrogen (secondary N) is 1. The lowest BCUT2D eigenvalue weighted by atomic mass is 10.1. The SMILES string of the molecule is C=C/C(N)=C(\C=C/C)NC(=O)c1ccc(Cl)cc1O.CC. The van der Waals surface area contributed by atoms with Gasteiger partial charge in [0.25, 0.3) is 5.91 Å². The fraction of sp³-hybridized carbons (Fsp3) is 0.188. The number of allylic oxidation sites excluding steroid dienone is 3. The third kappa shape index (κ3) is 5.75. The van der Waals surface area contributed by atoms with Crippen molar-refractivity contribution in [2.75, 3.05) is 0 Å². The van der Waals surface area contributed by atoms with Crippen LogP contribution in [0.15, 0.2) is 54.4 Å². The predicted molar refractivity (Wildman–Crippen MR) is 88.2 cm³/mol. The Morgan fingerprint density at radius 3 is 2.52 bits per heavy atom. The molecule has 1 amide bonds. The molecule has 0 aromatic heterocycles. The van der Waals surface area contributed by atoms with Crippen LogP contribution in [-0.4, -0.2) is 11.0 Å². The highest BCUT2D eigenvalue weighted by Gasteiger charge is 2.12. The quantitative estimate of drug-likeness (QED) is 0.742. The average Bonchev–Trinajstić information content (AvgIpc) is 2.47. The number of carbonyl (C=O) groups excluding carboxylic acids is 1. The number of rotatable bonds is 4. The molecule has 0 spiro atoms. The van der Waals surface area contributed by atoms with Crippen molar-refractivity contribution in [2.45, 2.75) is 20.8 Å². The molecule has 0 heterocycles. The van der Waals surface area contributed by atoms with E-state index in [0.29, 0.717) is 16.4 Å². The smallest absolute Gasteiger partial charge is 0.259 e. The monoisotopic (exact) mass is 308 g/mol. The molecule has 1 aromatic carbocycles. The maximum Gasteiger partial charge on any atom is 0.259 e.